The van der Waals surface area contributed by atoms with Gasteiger partial charge in [-0.3, -0.25) is 0 Å². The van der Waals surface area contributed by atoms with Crippen LogP contribution < -0.4 is 5.73 Å². The smallest absolute Gasteiger partial charge is 0.381 e. The lowest BCUT2D eigenvalue weighted by Crippen LogP contribution is -2.20. The summed E-state index contributed by atoms with van der Waals surface area (Å²) < 4.78 is 0. The zero-order valence-corrected chi connectivity index (χ0v) is 7.60. The highest BCUT2D eigenvalue weighted by Crippen LogP contribution is 2.00. The largest absolute Gasteiger partial charge is 0.472 e. The van der Waals surface area contributed by atoms with E-state index in [4.69, 9.17) is 10.8 Å². The Bertz CT molecular complexity index is 362. The van der Waals surface area contributed by atoms with E-state index in [1.54, 1.807) is 0 Å². The van der Waals surface area contributed by atoms with Crippen molar-refractivity contribution in [1.82, 2.24) is 0 Å². The first kappa shape index (κ1) is 10.3. The SMILES string of the molecule is NC(C#CC(=O)O)Cc1ccccc1. The number of hydrogen-bond acceptors (Lipinski definition) is 2. The summed E-state index contributed by atoms with van der Waals surface area (Å²) >= 11 is 0. The van der Waals surface area contributed by atoms with Gasteiger partial charge in [-0.25, -0.2) is 4.79 Å². The molecule has 1 unspecified atom stereocenters. The highest BCUT2D eigenvalue weighted by molar-refractivity contribution is 5.86. The lowest BCUT2D eigenvalue weighted by atomic mass is 10.1. The van der Waals surface area contributed by atoms with Gasteiger partial charge >= 0.3 is 5.97 Å². The third-order valence-corrected chi connectivity index (χ3v) is 1.66. The predicted molar refractivity (Wildman–Crippen MR) is 53.5 cm³/mol. The van der Waals surface area contributed by atoms with Crippen molar-refractivity contribution in [1.29, 1.82) is 0 Å². The molecule has 0 aromatic heterocycles. The lowest BCUT2D eigenvalue weighted by Gasteiger charge is -2.02. The Morgan fingerprint density at radius 1 is 1.43 bits per heavy atom. The van der Waals surface area contributed by atoms with E-state index in [0.717, 1.165) is 5.56 Å². The summed E-state index contributed by atoms with van der Waals surface area (Å²) in [4.78, 5) is 10.1. The molecule has 0 amide bonds. The minimum atomic E-state index is -1.14. The van der Waals surface area contributed by atoms with Crippen LogP contribution in [-0.4, -0.2) is 17.1 Å². The summed E-state index contributed by atoms with van der Waals surface area (Å²) in [7, 11) is 0. The van der Waals surface area contributed by atoms with Crippen molar-refractivity contribution in [3.63, 3.8) is 0 Å². The van der Waals surface area contributed by atoms with Gasteiger partial charge in [-0.05, 0) is 12.0 Å². The van der Waals surface area contributed by atoms with Crippen molar-refractivity contribution >= 4 is 5.97 Å². The summed E-state index contributed by atoms with van der Waals surface area (Å²) in [6, 6.07) is 9.18. The molecule has 0 aliphatic heterocycles. The van der Waals surface area contributed by atoms with Gasteiger partial charge in [0, 0.05) is 5.92 Å². The molecule has 3 N–H and O–H groups in total. The molecule has 3 heteroatoms. The van der Waals surface area contributed by atoms with Gasteiger partial charge in [0.15, 0.2) is 0 Å². The molecule has 0 saturated heterocycles. The van der Waals surface area contributed by atoms with Crippen molar-refractivity contribution in [2.75, 3.05) is 0 Å². The second-order valence-corrected chi connectivity index (χ2v) is 2.87. The maximum atomic E-state index is 10.1. The van der Waals surface area contributed by atoms with Crippen LogP contribution in [-0.2, 0) is 11.2 Å². The van der Waals surface area contributed by atoms with Gasteiger partial charge in [0.05, 0.1) is 6.04 Å². The second-order valence-electron chi connectivity index (χ2n) is 2.87. The maximum absolute atomic E-state index is 10.1. The number of hydrogen-bond donors (Lipinski definition) is 2. The van der Waals surface area contributed by atoms with Gasteiger partial charge in [-0.1, -0.05) is 36.3 Å². The Morgan fingerprint density at radius 2 is 2.07 bits per heavy atom. The minimum absolute atomic E-state index is 0.423. The van der Waals surface area contributed by atoms with Crippen molar-refractivity contribution in [2.24, 2.45) is 5.73 Å². The Hall–Kier alpha value is -1.79. The number of carboxylic acids is 1. The molecular weight excluding hydrogens is 178 g/mol. The Morgan fingerprint density at radius 3 is 2.64 bits per heavy atom. The first-order chi connectivity index (χ1) is 6.68. The molecular formula is C11H11NO2. The average molecular weight is 189 g/mol. The molecule has 0 fully saturated rings. The van der Waals surface area contributed by atoms with E-state index in [0.29, 0.717) is 6.42 Å². The predicted octanol–water partition coefficient (Wildman–Crippen LogP) is 0.644. The van der Waals surface area contributed by atoms with Crippen LogP contribution in [0.25, 0.3) is 0 Å². The maximum Gasteiger partial charge on any atom is 0.381 e. The van der Waals surface area contributed by atoms with Crippen molar-refractivity contribution in [3.05, 3.63) is 35.9 Å². The van der Waals surface area contributed by atoms with Crippen LogP contribution in [0.4, 0.5) is 0 Å². The number of carbonyl (C=O) groups is 1. The number of carboxylic acid groups (broad SMARTS) is 1. The van der Waals surface area contributed by atoms with Crippen LogP contribution in [0.1, 0.15) is 5.56 Å². The third kappa shape index (κ3) is 3.74. The standard InChI is InChI=1S/C11H11NO2/c12-10(6-7-11(13)14)8-9-4-2-1-3-5-9/h1-5,10H,8,12H2,(H,13,14). The number of aliphatic carboxylic acids is 1. The van der Waals surface area contributed by atoms with Gasteiger partial charge in [-0.2, -0.15) is 0 Å². The molecule has 0 heterocycles. The quantitative estimate of drug-likeness (QED) is 0.671. The van der Waals surface area contributed by atoms with Crippen LogP contribution in [0.3, 0.4) is 0 Å². The van der Waals surface area contributed by atoms with Gasteiger partial charge in [-0.15, -0.1) is 0 Å². The van der Waals surface area contributed by atoms with E-state index in [1.807, 2.05) is 36.3 Å². The molecule has 0 saturated carbocycles. The molecule has 0 radical (unpaired) electrons. The van der Waals surface area contributed by atoms with E-state index in [9.17, 15) is 4.79 Å². The molecule has 1 atom stereocenters. The number of nitrogens with two attached hydrogens (primary N) is 1. The van der Waals surface area contributed by atoms with E-state index < -0.39 is 12.0 Å². The summed E-state index contributed by atoms with van der Waals surface area (Å²) in [6.07, 6.45) is 0.571. The van der Waals surface area contributed by atoms with Gasteiger partial charge < -0.3 is 10.8 Å². The number of benzene rings is 1. The molecule has 0 spiro atoms. The molecule has 14 heavy (non-hydrogen) atoms. The topological polar surface area (TPSA) is 63.3 Å². The summed E-state index contributed by atoms with van der Waals surface area (Å²) in [5, 5.41) is 8.30. The van der Waals surface area contributed by atoms with Gasteiger partial charge in [0.1, 0.15) is 0 Å². The van der Waals surface area contributed by atoms with Crippen molar-refractivity contribution in [2.45, 2.75) is 12.5 Å². The van der Waals surface area contributed by atoms with Crippen LogP contribution in [0, 0.1) is 11.8 Å². The molecule has 72 valence electrons. The second kappa shape index (κ2) is 5.05. The molecule has 0 aliphatic carbocycles. The monoisotopic (exact) mass is 189 g/mol. The van der Waals surface area contributed by atoms with Crippen molar-refractivity contribution < 1.29 is 9.90 Å². The Kier molecular flexibility index (Phi) is 3.71. The third-order valence-electron chi connectivity index (χ3n) is 1.66. The molecule has 1 aromatic carbocycles. The first-order valence-corrected chi connectivity index (χ1v) is 4.22. The molecule has 0 aliphatic rings. The summed E-state index contributed by atoms with van der Waals surface area (Å²) in [6.45, 7) is 0. The summed E-state index contributed by atoms with van der Waals surface area (Å²) in [5.41, 5.74) is 6.67. The van der Waals surface area contributed by atoms with E-state index >= 15 is 0 Å². The zero-order chi connectivity index (χ0) is 10.4. The minimum Gasteiger partial charge on any atom is -0.472 e. The van der Waals surface area contributed by atoms with Crippen LogP contribution >= 0.6 is 0 Å². The highest BCUT2D eigenvalue weighted by Gasteiger charge is 1.99. The van der Waals surface area contributed by atoms with E-state index in [2.05, 4.69) is 5.92 Å². The average Bonchev–Trinajstić information content (AvgIpc) is 2.16. The Balaban J connectivity index is 2.55. The summed E-state index contributed by atoms with van der Waals surface area (Å²) in [5.74, 6) is 3.32. The molecule has 1 rings (SSSR count). The van der Waals surface area contributed by atoms with Crippen molar-refractivity contribution in [3.8, 4) is 11.8 Å². The van der Waals surface area contributed by atoms with Gasteiger partial charge in [0.2, 0.25) is 0 Å². The zero-order valence-electron chi connectivity index (χ0n) is 7.60. The van der Waals surface area contributed by atoms with E-state index in [-0.39, 0.29) is 0 Å². The van der Waals surface area contributed by atoms with Crippen LogP contribution in [0.2, 0.25) is 0 Å². The van der Waals surface area contributed by atoms with E-state index in [1.165, 1.54) is 0 Å². The highest BCUT2D eigenvalue weighted by atomic mass is 16.4. The van der Waals surface area contributed by atoms with Crippen LogP contribution in [0.15, 0.2) is 30.3 Å². The normalized spacial score (nSPS) is 11.2. The molecule has 0 bridgehead atoms. The Labute approximate surface area is 82.6 Å². The fraction of sp³-hybridized carbons (Fsp3) is 0.182. The first-order valence-electron chi connectivity index (χ1n) is 4.22. The fourth-order valence-electron chi connectivity index (χ4n) is 1.07. The van der Waals surface area contributed by atoms with Crippen LogP contribution in [0.5, 0.6) is 0 Å². The fourth-order valence-corrected chi connectivity index (χ4v) is 1.07. The molecule has 3 nitrogen and oxygen atoms in total. The molecule has 1 aromatic rings. The number of rotatable bonds is 2. The lowest BCUT2D eigenvalue weighted by molar-refractivity contribution is -0.130. The van der Waals surface area contributed by atoms with Gasteiger partial charge in [0.25, 0.3) is 0 Å².